The number of rotatable bonds is 9. The molecule has 0 atom stereocenters. The van der Waals surface area contributed by atoms with Crippen molar-refractivity contribution in [2.24, 2.45) is 0 Å². The van der Waals surface area contributed by atoms with Gasteiger partial charge < -0.3 is 10.1 Å². The monoisotopic (exact) mass is 408 g/mol. The van der Waals surface area contributed by atoms with Crippen LogP contribution in [0.3, 0.4) is 0 Å². The van der Waals surface area contributed by atoms with E-state index in [1.807, 2.05) is 0 Å². The topological polar surface area (TPSA) is 58.6 Å². The summed E-state index contributed by atoms with van der Waals surface area (Å²) in [4.78, 5) is 27.0. The Bertz CT molecular complexity index is 840. The van der Waals surface area contributed by atoms with Crippen LogP contribution in [0.2, 0.25) is 0 Å². The Morgan fingerprint density at radius 1 is 1.07 bits per heavy atom. The Morgan fingerprint density at radius 2 is 1.80 bits per heavy atom. The van der Waals surface area contributed by atoms with Crippen LogP contribution in [0, 0.1) is 6.92 Å². The lowest BCUT2D eigenvalue weighted by Gasteiger charge is -2.32. The smallest absolute Gasteiger partial charge is 0.220 e. The summed E-state index contributed by atoms with van der Waals surface area (Å²) in [5, 5.41) is 3.15. The second-order valence-corrected chi connectivity index (χ2v) is 8.11. The summed E-state index contributed by atoms with van der Waals surface area (Å²) < 4.78 is 5.11. The third kappa shape index (κ3) is 6.70. The van der Waals surface area contributed by atoms with Gasteiger partial charge in [0.15, 0.2) is 5.78 Å². The number of Topliss-reactive ketones (excluding diaryl/α,β-unsaturated/α-hetero) is 1. The van der Waals surface area contributed by atoms with E-state index >= 15 is 0 Å². The number of hydrogen-bond acceptors (Lipinski definition) is 4. The summed E-state index contributed by atoms with van der Waals surface area (Å²) in [6.07, 6.45) is 3.30. The molecule has 0 unspecified atom stereocenters. The lowest BCUT2D eigenvalue weighted by molar-refractivity contribution is -0.122. The molecule has 5 nitrogen and oxygen atoms in total. The largest absolute Gasteiger partial charge is 0.497 e. The number of carbonyl (C=O) groups is 2. The fraction of sp³-hybridized carbons (Fsp3) is 0.440. The van der Waals surface area contributed by atoms with Crippen molar-refractivity contribution in [1.82, 2.24) is 10.2 Å². The second-order valence-electron chi connectivity index (χ2n) is 8.11. The standard InChI is InChI=1S/C25H32N2O3/c1-19-5-3-6-20(17-19)18-27-15-13-22(14-16-27)26-25(29)8-4-7-24(28)21-9-11-23(30-2)12-10-21/h3,5-6,9-12,17,22H,4,7-8,13-16,18H2,1-2H3,(H,26,29). The molecule has 2 aromatic carbocycles. The first-order valence-corrected chi connectivity index (χ1v) is 10.8. The maximum Gasteiger partial charge on any atom is 0.220 e. The number of amides is 1. The van der Waals surface area contributed by atoms with Crippen LogP contribution in [0.25, 0.3) is 0 Å². The van der Waals surface area contributed by atoms with E-state index in [-0.39, 0.29) is 17.7 Å². The van der Waals surface area contributed by atoms with E-state index in [1.54, 1.807) is 31.4 Å². The molecule has 0 radical (unpaired) electrons. The minimum absolute atomic E-state index is 0.0506. The number of carbonyl (C=O) groups excluding carboxylic acids is 2. The molecular formula is C25H32N2O3. The predicted octanol–water partition coefficient (Wildman–Crippen LogP) is 4.14. The third-order valence-electron chi connectivity index (χ3n) is 5.66. The molecule has 3 rings (SSSR count). The van der Waals surface area contributed by atoms with Crippen molar-refractivity contribution in [1.29, 1.82) is 0 Å². The van der Waals surface area contributed by atoms with Crippen LogP contribution >= 0.6 is 0 Å². The molecule has 1 saturated heterocycles. The van der Waals surface area contributed by atoms with Crippen molar-refractivity contribution >= 4 is 11.7 Å². The molecule has 1 aliphatic rings. The number of ketones is 1. The van der Waals surface area contributed by atoms with Gasteiger partial charge in [0.2, 0.25) is 5.91 Å². The SMILES string of the molecule is COc1ccc(C(=O)CCCC(=O)NC2CCN(Cc3cccc(C)c3)CC2)cc1. The maximum atomic E-state index is 12.3. The van der Waals surface area contributed by atoms with Crippen LogP contribution < -0.4 is 10.1 Å². The van der Waals surface area contributed by atoms with Crippen LogP contribution in [0.5, 0.6) is 5.75 Å². The molecule has 1 fully saturated rings. The average molecular weight is 409 g/mol. The lowest BCUT2D eigenvalue weighted by atomic mass is 10.0. The van der Waals surface area contributed by atoms with Crippen molar-refractivity contribution in [2.75, 3.05) is 20.2 Å². The second kappa shape index (κ2) is 10.9. The maximum absolute atomic E-state index is 12.3. The third-order valence-corrected chi connectivity index (χ3v) is 5.66. The van der Waals surface area contributed by atoms with Crippen molar-refractivity contribution in [2.45, 2.75) is 51.6 Å². The number of nitrogens with one attached hydrogen (secondary N) is 1. The van der Waals surface area contributed by atoms with Gasteiger partial charge in [0.25, 0.3) is 0 Å². The van der Waals surface area contributed by atoms with Crippen LogP contribution in [-0.4, -0.2) is 42.8 Å². The number of ether oxygens (including phenoxy) is 1. The van der Waals surface area contributed by atoms with Gasteiger partial charge in [-0.1, -0.05) is 29.8 Å². The van der Waals surface area contributed by atoms with Crippen LogP contribution in [0.1, 0.15) is 53.6 Å². The molecule has 0 saturated carbocycles. The number of likely N-dealkylation sites (tertiary alicyclic amines) is 1. The van der Waals surface area contributed by atoms with Crippen LogP contribution in [0.4, 0.5) is 0 Å². The molecule has 0 bridgehead atoms. The highest BCUT2D eigenvalue weighted by molar-refractivity contribution is 5.96. The summed E-state index contributed by atoms with van der Waals surface area (Å²) >= 11 is 0. The number of benzene rings is 2. The Labute approximate surface area is 179 Å². The average Bonchev–Trinajstić information content (AvgIpc) is 2.75. The summed E-state index contributed by atoms with van der Waals surface area (Å²) in [6.45, 7) is 5.08. The highest BCUT2D eigenvalue weighted by Gasteiger charge is 2.20. The van der Waals surface area contributed by atoms with Crippen molar-refractivity contribution in [3.05, 3.63) is 65.2 Å². The van der Waals surface area contributed by atoms with E-state index in [4.69, 9.17) is 4.74 Å². The van der Waals surface area contributed by atoms with E-state index < -0.39 is 0 Å². The van der Waals surface area contributed by atoms with Crippen molar-refractivity contribution in [3.8, 4) is 5.75 Å². The molecule has 0 aliphatic carbocycles. The van der Waals surface area contributed by atoms with E-state index in [2.05, 4.69) is 41.4 Å². The number of methoxy groups -OCH3 is 1. The Hall–Kier alpha value is -2.66. The summed E-state index contributed by atoms with van der Waals surface area (Å²) in [5.74, 6) is 0.848. The molecule has 160 valence electrons. The fourth-order valence-electron chi connectivity index (χ4n) is 3.93. The van der Waals surface area contributed by atoms with Gasteiger partial charge >= 0.3 is 0 Å². The van der Waals surface area contributed by atoms with Gasteiger partial charge in [0.1, 0.15) is 5.75 Å². The number of nitrogens with zero attached hydrogens (tertiary/aromatic N) is 1. The van der Waals surface area contributed by atoms with E-state index in [0.29, 0.717) is 24.8 Å². The lowest BCUT2D eigenvalue weighted by Crippen LogP contribution is -2.44. The molecule has 1 amide bonds. The van der Waals surface area contributed by atoms with Gasteiger partial charge in [-0.15, -0.1) is 0 Å². The number of piperidine rings is 1. The van der Waals surface area contributed by atoms with Gasteiger partial charge in [-0.25, -0.2) is 0 Å². The molecule has 0 aromatic heterocycles. The minimum Gasteiger partial charge on any atom is -0.497 e. The Morgan fingerprint density at radius 3 is 2.47 bits per heavy atom. The summed E-state index contributed by atoms with van der Waals surface area (Å²) in [5.41, 5.74) is 3.30. The highest BCUT2D eigenvalue weighted by Crippen LogP contribution is 2.16. The van der Waals surface area contributed by atoms with Crippen molar-refractivity contribution in [3.63, 3.8) is 0 Å². The molecule has 1 heterocycles. The molecule has 0 spiro atoms. The first kappa shape index (κ1) is 22.0. The first-order chi connectivity index (χ1) is 14.5. The normalized spacial score (nSPS) is 15.0. The van der Waals surface area contributed by atoms with Gasteiger partial charge in [0, 0.05) is 44.1 Å². The quantitative estimate of drug-likeness (QED) is 0.634. The van der Waals surface area contributed by atoms with E-state index in [1.165, 1.54) is 11.1 Å². The number of aryl methyl sites for hydroxylation is 1. The fourth-order valence-corrected chi connectivity index (χ4v) is 3.93. The Kier molecular flexibility index (Phi) is 8.03. The zero-order valence-electron chi connectivity index (χ0n) is 18.0. The van der Waals surface area contributed by atoms with E-state index in [0.717, 1.165) is 38.2 Å². The zero-order chi connectivity index (χ0) is 21.3. The molecule has 1 N–H and O–H groups in total. The van der Waals surface area contributed by atoms with Gasteiger partial charge in [0.05, 0.1) is 7.11 Å². The predicted molar refractivity (Wildman–Crippen MR) is 119 cm³/mol. The summed E-state index contributed by atoms with van der Waals surface area (Å²) in [6, 6.07) is 16.0. The molecule has 1 aliphatic heterocycles. The van der Waals surface area contributed by atoms with Crippen LogP contribution in [-0.2, 0) is 11.3 Å². The van der Waals surface area contributed by atoms with Crippen LogP contribution in [0.15, 0.2) is 48.5 Å². The first-order valence-electron chi connectivity index (χ1n) is 10.8. The Balaban J connectivity index is 1.33. The molecule has 30 heavy (non-hydrogen) atoms. The van der Waals surface area contributed by atoms with Crippen molar-refractivity contribution < 1.29 is 14.3 Å². The van der Waals surface area contributed by atoms with Gasteiger partial charge in [-0.05, 0) is 56.0 Å². The zero-order valence-corrected chi connectivity index (χ0v) is 18.0. The molecule has 5 heteroatoms. The molecule has 2 aromatic rings. The van der Waals surface area contributed by atoms with Gasteiger partial charge in [-0.3, -0.25) is 14.5 Å². The molecular weight excluding hydrogens is 376 g/mol. The minimum atomic E-state index is 0.0506. The number of hydrogen-bond donors (Lipinski definition) is 1. The van der Waals surface area contributed by atoms with Gasteiger partial charge in [-0.2, -0.15) is 0 Å². The van der Waals surface area contributed by atoms with E-state index in [9.17, 15) is 9.59 Å². The highest BCUT2D eigenvalue weighted by atomic mass is 16.5. The summed E-state index contributed by atoms with van der Waals surface area (Å²) in [7, 11) is 1.60.